The van der Waals surface area contributed by atoms with Crippen molar-refractivity contribution in [3.8, 4) is 17.2 Å². The van der Waals surface area contributed by atoms with Crippen LogP contribution in [0.4, 0.5) is 5.69 Å². The zero-order valence-electron chi connectivity index (χ0n) is 21.0. The van der Waals surface area contributed by atoms with Crippen LogP contribution in [0.2, 0.25) is 0 Å². The molecule has 9 nitrogen and oxygen atoms in total. The van der Waals surface area contributed by atoms with Crippen LogP contribution in [-0.4, -0.2) is 56.2 Å². The first-order valence-corrected chi connectivity index (χ1v) is 12.2. The fraction of sp³-hybridized carbons (Fsp3) is 0.241. The van der Waals surface area contributed by atoms with Crippen LogP contribution < -0.4 is 19.1 Å². The van der Waals surface area contributed by atoms with Crippen molar-refractivity contribution in [3.05, 3.63) is 83.4 Å². The summed E-state index contributed by atoms with van der Waals surface area (Å²) in [5.74, 6) is -1.49. The van der Waals surface area contributed by atoms with Crippen LogP contribution in [0, 0.1) is 11.8 Å². The molecule has 0 spiro atoms. The number of nitrogens with zero attached hydrogens (tertiary/aromatic N) is 3. The molecule has 2 amide bonds. The standard InChI is InChI=1S/C29H25N3O6/c1-36-18-10-8-16(9-11-18)27(33)26-24-23(25-20-7-5-4-6-17(20)15-30-32(25)26)28(34)31(29(24)35)21-14-19(37-2)12-13-22(21)38-3/h4-15,23-26H,1-3H3/t23-,24-,25+,26-/m0/s1. The van der Waals surface area contributed by atoms with Gasteiger partial charge in [-0.2, -0.15) is 5.10 Å². The Hall–Kier alpha value is -4.66. The molecule has 9 heteroatoms. The number of anilines is 1. The largest absolute Gasteiger partial charge is 0.497 e. The van der Waals surface area contributed by atoms with Gasteiger partial charge < -0.3 is 14.2 Å². The predicted octanol–water partition coefficient (Wildman–Crippen LogP) is 3.47. The molecule has 0 unspecified atom stereocenters. The van der Waals surface area contributed by atoms with Crippen LogP contribution in [-0.2, 0) is 9.59 Å². The minimum absolute atomic E-state index is 0.283. The SMILES string of the molecule is COc1ccc(C(=O)[C@@H]2[C@H]3C(=O)N(c4cc(OC)ccc4OC)C(=O)[C@@H]3[C@H]3c4ccccc4C=NN23)cc1. The number of hydrogen-bond acceptors (Lipinski definition) is 8. The molecule has 2 fully saturated rings. The molecule has 0 aliphatic carbocycles. The van der Waals surface area contributed by atoms with Gasteiger partial charge in [0.2, 0.25) is 11.8 Å². The molecule has 3 heterocycles. The number of ether oxygens (including phenoxy) is 3. The summed E-state index contributed by atoms with van der Waals surface area (Å²) < 4.78 is 16.1. The number of carbonyl (C=O) groups excluding carboxylic acids is 3. The summed E-state index contributed by atoms with van der Waals surface area (Å²) in [7, 11) is 4.53. The number of carbonyl (C=O) groups is 3. The van der Waals surface area contributed by atoms with E-state index in [2.05, 4.69) is 5.10 Å². The number of ketones is 1. The smallest absolute Gasteiger partial charge is 0.240 e. The summed E-state index contributed by atoms with van der Waals surface area (Å²) in [6.45, 7) is 0. The Morgan fingerprint density at radius 1 is 0.816 bits per heavy atom. The van der Waals surface area contributed by atoms with E-state index >= 15 is 0 Å². The zero-order valence-corrected chi connectivity index (χ0v) is 21.0. The number of hydrogen-bond donors (Lipinski definition) is 0. The third kappa shape index (κ3) is 3.38. The second-order valence-electron chi connectivity index (χ2n) is 9.34. The van der Waals surface area contributed by atoms with Gasteiger partial charge in [-0.1, -0.05) is 24.3 Å². The Balaban J connectivity index is 1.49. The first-order chi connectivity index (χ1) is 18.5. The molecule has 3 aliphatic rings. The summed E-state index contributed by atoms with van der Waals surface area (Å²) in [5.41, 5.74) is 2.39. The summed E-state index contributed by atoms with van der Waals surface area (Å²) >= 11 is 0. The maximum atomic E-state index is 14.1. The molecule has 2 saturated heterocycles. The highest BCUT2D eigenvalue weighted by molar-refractivity contribution is 6.25. The van der Waals surface area contributed by atoms with Crippen molar-refractivity contribution < 1.29 is 28.6 Å². The lowest BCUT2D eigenvalue weighted by Gasteiger charge is -2.34. The van der Waals surface area contributed by atoms with Crippen LogP contribution in [0.1, 0.15) is 27.5 Å². The zero-order chi connectivity index (χ0) is 26.6. The van der Waals surface area contributed by atoms with E-state index in [1.807, 2.05) is 24.3 Å². The van der Waals surface area contributed by atoms with E-state index in [1.54, 1.807) is 60.8 Å². The van der Waals surface area contributed by atoms with E-state index in [0.29, 0.717) is 22.8 Å². The molecule has 0 N–H and O–H groups in total. The topological polar surface area (TPSA) is 97.7 Å². The van der Waals surface area contributed by atoms with Gasteiger partial charge in [0.1, 0.15) is 23.3 Å². The van der Waals surface area contributed by atoms with Crippen LogP contribution in [0.25, 0.3) is 0 Å². The maximum Gasteiger partial charge on any atom is 0.240 e. The lowest BCUT2D eigenvalue weighted by atomic mass is 9.83. The van der Waals surface area contributed by atoms with Crippen molar-refractivity contribution in [3.63, 3.8) is 0 Å². The van der Waals surface area contributed by atoms with Gasteiger partial charge in [-0.3, -0.25) is 19.4 Å². The van der Waals surface area contributed by atoms with Crippen LogP contribution in [0.15, 0.2) is 71.8 Å². The van der Waals surface area contributed by atoms with Crippen LogP contribution >= 0.6 is 0 Å². The summed E-state index contributed by atoms with van der Waals surface area (Å²) in [4.78, 5) is 43.4. The summed E-state index contributed by atoms with van der Waals surface area (Å²) in [6.07, 6.45) is 1.68. The molecule has 0 bridgehead atoms. The van der Waals surface area contributed by atoms with Crippen molar-refractivity contribution in [2.24, 2.45) is 16.9 Å². The Labute approximate surface area is 219 Å². The fourth-order valence-corrected chi connectivity index (χ4v) is 5.80. The molecule has 3 aromatic carbocycles. The minimum Gasteiger partial charge on any atom is -0.497 e. The molecule has 38 heavy (non-hydrogen) atoms. The molecule has 0 saturated carbocycles. The number of rotatable bonds is 6. The lowest BCUT2D eigenvalue weighted by Crippen LogP contribution is -2.44. The number of fused-ring (bicyclic) bond motifs is 5. The molecule has 192 valence electrons. The van der Waals surface area contributed by atoms with Crippen molar-refractivity contribution in [2.75, 3.05) is 26.2 Å². The Bertz CT molecular complexity index is 1480. The third-order valence-corrected chi connectivity index (χ3v) is 7.56. The molecule has 0 aromatic heterocycles. The molecule has 6 rings (SSSR count). The number of amides is 2. The van der Waals surface area contributed by atoms with Crippen LogP contribution in [0.5, 0.6) is 17.2 Å². The summed E-state index contributed by atoms with van der Waals surface area (Å²) in [6, 6.07) is 17.7. The minimum atomic E-state index is -0.971. The summed E-state index contributed by atoms with van der Waals surface area (Å²) in [5, 5.41) is 6.24. The number of imide groups is 1. The van der Waals surface area contributed by atoms with Crippen molar-refractivity contribution in [2.45, 2.75) is 12.1 Å². The van der Waals surface area contributed by atoms with Crippen LogP contribution in [0.3, 0.4) is 0 Å². The molecule has 3 aromatic rings. The number of Topliss-reactive ketones (excluding diaryl/α,β-unsaturated/α-hetero) is 1. The molecule has 3 aliphatic heterocycles. The van der Waals surface area contributed by atoms with Gasteiger partial charge in [0.25, 0.3) is 0 Å². The quantitative estimate of drug-likeness (QED) is 0.369. The first-order valence-electron chi connectivity index (χ1n) is 12.2. The Morgan fingerprint density at radius 3 is 2.21 bits per heavy atom. The molecule has 4 atom stereocenters. The lowest BCUT2D eigenvalue weighted by molar-refractivity contribution is -0.124. The molecular weight excluding hydrogens is 486 g/mol. The van der Waals surface area contributed by atoms with E-state index in [9.17, 15) is 14.4 Å². The highest BCUT2D eigenvalue weighted by atomic mass is 16.5. The van der Waals surface area contributed by atoms with Gasteiger partial charge in [-0.05, 0) is 47.5 Å². The predicted molar refractivity (Wildman–Crippen MR) is 139 cm³/mol. The first kappa shape index (κ1) is 23.7. The number of benzene rings is 3. The average molecular weight is 512 g/mol. The van der Waals surface area contributed by atoms with E-state index < -0.39 is 35.7 Å². The van der Waals surface area contributed by atoms with Gasteiger partial charge in [0.05, 0.1) is 51.1 Å². The van der Waals surface area contributed by atoms with E-state index in [-0.39, 0.29) is 11.5 Å². The van der Waals surface area contributed by atoms with Crippen molar-refractivity contribution in [1.29, 1.82) is 0 Å². The van der Waals surface area contributed by atoms with Gasteiger partial charge in [-0.25, -0.2) is 4.90 Å². The number of hydrazone groups is 1. The molecular formula is C29H25N3O6. The highest BCUT2D eigenvalue weighted by Gasteiger charge is 2.65. The van der Waals surface area contributed by atoms with E-state index in [1.165, 1.54) is 14.2 Å². The Kier molecular flexibility index (Phi) is 5.63. The third-order valence-electron chi connectivity index (χ3n) is 7.56. The second-order valence-corrected chi connectivity index (χ2v) is 9.34. The van der Waals surface area contributed by atoms with Gasteiger partial charge >= 0.3 is 0 Å². The monoisotopic (exact) mass is 511 g/mol. The highest BCUT2D eigenvalue weighted by Crippen LogP contribution is 2.54. The number of methoxy groups -OCH3 is 3. The Morgan fingerprint density at radius 2 is 1.50 bits per heavy atom. The van der Waals surface area contributed by atoms with Crippen molar-refractivity contribution in [1.82, 2.24) is 5.01 Å². The average Bonchev–Trinajstić information content (AvgIpc) is 3.44. The second kappa shape index (κ2) is 9.02. The van der Waals surface area contributed by atoms with Crippen molar-refractivity contribution >= 4 is 29.5 Å². The van der Waals surface area contributed by atoms with Gasteiger partial charge in [-0.15, -0.1) is 0 Å². The van der Waals surface area contributed by atoms with Gasteiger partial charge in [0, 0.05) is 11.6 Å². The van der Waals surface area contributed by atoms with E-state index in [4.69, 9.17) is 14.2 Å². The fourth-order valence-electron chi connectivity index (χ4n) is 5.80. The maximum absolute atomic E-state index is 14.1. The van der Waals surface area contributed by atoms with Gasteiger partial charge in [0.15, 0.2) is 5.78 Å². The normalized spacial score (nSPS) is 23.1. The van der Waals surface area contributed by atoms with E-state index in [0.717, 1.165) is 16.0 Å². The molecule has 0 radical (unpaired) electrons.